The van der Waals surface area contributed by atoms with Crippen molar-refractivity contribution >= 4 is 23.5 Å². The number of carbonyl (C=O) groups excluding carboxylic acids is 2. The highest BCUT2D eigenvalue weighted by Crippen LogP contribution is 2.29. The summed E-state index contributed by atoms with van der Waals surface area (Å²) in [6.45, 7) is 7.39. The Morgan fingerprint density at radius 3 is 2.41 bits per heavy atom. The van der Waals surface area contributed by atoms with Gasteiger partial charge in [-0.25, -0.2) is 4.79 Å². The number of benzene rings is 2. The second-order valence-electron chi connectivity index (χ2n) is 7.46. The second kappa shape index (κ2) is 9.78. The first-order chi connectivity index (χ1) is 13.7. The van der Waals surface area contributed by atoms with E-state index < -0.39 is 11.5 Å². The SMILES string of the molecule is CCOc1cc(/C=C(/C(=O)OCC(=O)NC(C)(C)C)c2ccccc2)ccc1O. The molecular formula is C23H27NO5. The summed E-state index contributed by atoms with van der Waals surface area (Å²) in [7, 11) is 0. The zero-order valence-electron chi connectivity index (χ0n) is 17.2. The van der Waals surface area contributed by atoms with Crippen LogP contribution in [-0.4, -0.2) is 35.7 Å². The van der Waals surface area contributed by atoms with Gasteiger partial charge in [0.25, 0.3) is 5.91 Å². The molecule has 0 aliphatic carbocycles. The molecule has 0 unspecified atom stereocenters. The van der Waals surface area contributed by atoms with Gasteiger partial charge in [-0.2, -0.15) is 0 Å². The maximum absolute atomic E-state index is 12.7. The molecule has 0 spiro atoms. The molecule has 29 heavy (non-hydrogen) atoms. The van der Waals surface area contributed by atoms with Crippen molar-refractivity contribution in [1.29, 1.82) is 0 Å². The summed E-state index contributed by atoms with van der Waals surface area (Å²) in [4.78, 5) is 24.7. The number of hydrogen-bond donors (Lipinski definition) is 2. The third-order valence-electron chi connectivity index (χ3n) is 3.75. The Labute approximate surface area is 171 Å². The molecular weight excluding hydrogens is 370 g/mol. The Kier molecular flexibility index (Phi) is 7.42. The van der Waals surface area contributed by atoms with Crippen LogP contribution in [0.3, 0.4) is 0 Å². The van der Waals surface area contributed by atoms with Crippen LogP contribution in [0.2, 0.25) is 0 Å². The van der Waals surface area contributed by atoms with Crippen LogP contribution in [0.15, 0.2) is 48.5 Å². The lowest BCUT2D eigenvalue weighted by Gasteiger charge is -2.20. The van der Waals surface area contributed by atoms with Crippen LogP contribution in [0.25, 0.3) is 11.6 Å². The molecule has 0 saturated carbocycles. The Bertz CT molecular complexity index is 882. The van der Waals surface area contributed by atoms with Gasteiger partial charge in [0.2, 0.25) is 0 Å². The quantitative estimate of drug-likeness (QED) is 0.422. The molecule has 154 valence electrons. The van der Waals surface area contributed by atoms with Crippen molar-refractivity contribution in [2.24, 2.45) is 0 Å². The highest BCUT2D eigenvalue weighted by Gasteiger charge is 2.18. The van der Waals surface area contributed by atoms with Gasteiger partial charge in [-0.3, -0.25) is 4.79 Å². The third-order valence-corrected chi connectivity index (χ3v) is 3.75. The van der Waals surface area contributed by atoms with Crippen molar-refractivity contribution in [1.82, 2.24) is 5.32 Å². The second-order valence-corrected chi connectivity index (χ2v) is 7.46. The molecule has 2 N–H and O–H groups in total. The van der Waals surface area contributed by atoms with Gasteiger partial charge in [-0.1, -0.05) is 36.4 Å². The molecule has 0 atom stereocenters. The van der Waals surface area contributed by atoms with Crippen LogP contribution >= 0.6 is 0 Å². The van der Waals surface area contributed by atoms with Crippen LogP contribution in [0.1, 0.15) is 38.8 Å². The fourth-order valence-electron chi connectivity index (χ4n) is 2.60. The monoisotopic (exact) mass is 397 g/mol. The van der Waals surface area contributed by atoms with E-state index in [1.807, 2.05) is 45.9 Å². The van der Waals surface area contributed by atoms with E-state index >= 15 is 0 Å². The Hall–Kier alpha value is -3.28. The summed E-state index contributed by atoms with van der Waals surface area (Å²) >= 11 is 0. The van der Waals surface area contributed by atoms with E-state index in [2.05, 4.69) is 5.32 Å². The van der Waals surface area contributed by atoms with Gasteiger partial charge in [0.1, 0.15) is 0 Å². The van der Waals surface area contributed by atoms with Gasteiger partial charge in [-0.15, -0.1) is 0 Å². The van der Waals surface area contributed by atoms with Gasteiger partial charge in [-0.05, 0) is 57.0 Å². The van der Waals surface area contributed by atoms with Gasteiger partial charge in [0, 0.05) is 5.54 Å². The van der Waals surface area contributed by atoms with E-state index in [0.29, 0.717) is 29.1 Å². The molecule has 2 rings (SSSR count). The van der Waals surface area contributed by atoms with Crippen LogP contribution in [0, 0.1) is 0 Å². The molecule has 6 nitrogen and oxygen atoms in total. The molecule has 0 saturated heterocycles. The minimum atomic E-state index is -0.619. The van der Waals surface area contributed by atoms with Crippen LogP contribution < -0.4 is 10.1 Å². The average Bonchev–Trinajstić information content (AvgIpc) is 2.66. The zero-order chi connectivity index (χ0) is 21.4. The number of ether oxygens (including phenoxy) is 2. The summed E-state index contributed by atoms with van der Waals surface area (Å²) in [5, 5.41) is 12.6. The van der Waals surface area contributed by atoms with Crippen molar-refractivity contribution in [2.45, 2.75) is 33.2 Å². The first-order valence-corrected chi connectivity index (χ1v) is 9.40. The molecule has 0 aliphatic rings. The largest absolute Gasteiger partial charge is 0.504 e. The van der Waals surface area contributed by atoms with Crippen molar-refractivity contribution in [2.75, 3.05) is 13.2 Å². The van der Waals surface area contributed by atoms with E-state index in [1.54, 1.807) is 30.3 Å². The van der Waals surface area contributed by atoms with Crippen molar-refractivity contribution in [3.63, 3.8) is 0 Å². The predicted molar refractivity (Wildman–Crippen MR) is 112 cm³/mol. The molecule has 0 radical (unpaired) electrons. The van der Waals surface area contributed by atoms with E-state index in [0.717, 1.165) is 0 Å². The molecule has 0 heterocycles. The minimum Gasteiger partial charge on any atom is -0.504 e. The highest BCUT2D eigenvalue weighted by molar-refractivity contribution is 6.21. The lowest BCUT2D eigenvalue weighted by molar-refractivity contribution is -0.143. The minimum absolute atomic E-state index is 0.0201. The lowest BCUT2D eigenvalue weighted by atomic mass is 10.0. The number of phenolic OH excluding ortho intramolecular Hbond substituents is 1. The number of carbonyl (C=O) groups is 2. The first-order valence-electron chi connectivity index (χ1n) is 9.40. The van der Waals surface area contributed by atoms with E-state index in [-0.39, 0.29) is 18.3 Å². The molecule has 0 aromatic heterocycles. The molecule has 6 heteroatoms. The summed E-state index contributed by atoms with van der Waals surface area (Å²) < 4.78 is 10.6. The Balaban J connectivity index is 2.29. The fraction of sp³-hybridized carbons (Fsp3) is 0.304. The number of amides is 1. The zero-order valence-corrected chi connectivity index (χ0v) is 17.2. The summed E-state index contributed by atoms with van der Waals surface area (Å²) in [6.07, 6.45) is 1.64. The number of rotatable bonds is 7. The van der Waals surface area contributed by atoms with Gasteiger partial charge >= 0.3 is 5.97 Å². The fourth-order valence-corrected chi connectivity index (χ4v) is 2.60. The van der Waals surface area contributed by atoms with Crippen LogP contribution in [0.4, 0.5) is 0 Å². The molecule has 2 aromatic carbocycles. The van der Waals surface area contributed by atoms with Gasteiger partial charge in [0.15, 0.2) is 18.1 Å². The number of phenols is 1. The summed E-state index contributed by atoms with van der Waals surface area (Å²) in [5.74, 6) is -0.647. The van der Waals surface area contributed by atoms with Gasteiger partial charge < -0.3 is 19.9 Å². The number of nitrogens with one attached hydrogen (secondary N) is 1. The first kappa shape index (κ1) is 22.0. The van der Waals surface area contributed by atoms with Crippen molar-refractivity contribution < 1.29 is 24.2 Å². The predicted octanol–water partition coefficient (Wildman–Crippen LogP) is 3.79. The Morgan fingerprint density at radius 1 is 1.10 bits per heavy atom. The van der Waals surface area contributed by atoms with Gasteiger partial charge in [0.05, 0.1) is 12.2 Å². The van der Waals surface area contributed by atoms with Crippen LogP contribution in [0.5, 0.6) is 11.5 Å². The number of aromatic hydroxyl groups is 1. The van der Waals surface area contributed by atoms with E-state index in [9.17, 15) is 14.7 Å². The standard InChI is InChI=1S/C23H27NO5/c1-5-28-20-14-16(11-12-19(20)25)13-18(17-9-7-6-8-10-17)22(27)29-15-21(26)24-23(2,3)4/h6-14,25H,5,15H2,1-4H3,(H,24,26)/b18-13+. The average molecular weight is 397 g/mol. The van der Waals surface area contributed by atoms with E-state index in [4.69, 9.17) is 9.47 Å². The maximum atomic E-state index is 12.7. The topological polar surface area (TPSA) is 84.9 Å². The van der Waals surface area contributed by atoms with Crippen molar-refractivity contribution in [3.05, 3.63) is 59.7 Å². The number of esters is 1. The van der Waals surface area contributed by atoms with Crippen molar-refractivity contribution in [3.8, 4) is 11.5 Å². The highest BCUT2D eigenvalue weighted by atomic mass is 16.5. The smallest absolute Gasteiger partial charge is 0.339 e. The molecule has 2 aromatic rings. The molecule has 0 bridgehead atoms. The van der Waals surface area contributed by atoms with Crippen LogP contribution in [-0.2, 0) is 14.3 Å². The van der Waals surface area contributed by atoms with E-state index in [1.165, 1.54) is 6.07 Å². The molecule has 0 fully saturated rings. The summed E-state index contributed by atoms with van der Waals surface area (Å²) in [6, 6.07) is 13.8. The summed E-state index contributed by atoms with van der Waals surface area (Å²) in [5.41, 5.74) is 1.19. The Morgan fingerprint density at radius 2 is 1.79 bits per heavy atom. The lowest BCUT2D eigenvalue weighted by Crippen LogP contribution is -2.42. The number of hydrogen-bond acceptors (Lipinski definition) is 5. The molecule has 1 amide bonds. The molecule has 0 aliphatic heterocycles. The maximum Gasteiger partial charge on any atom is 0.339 e. The normalized spacial score (nSPS) is 11.7. The third kappa shape index (κ3) is 6.99.